The molecule has 1 fully saturated rings. The van der Waals surface area contributed by atoms with E-state index in [9.17, 15) is 0 Å². The van der Waals surface area contributed by atoms with Gasteiger partial charge in [-0.2, -0.15) is 0 Å². The van der Waals surface area contributed by atoms with E-state index in [1.165, 1.54) is 5.69 Å². The summed E-state index contributed by atoms with van der Waals surface area (Å²) >= 11 is 0. The lowest BCUT2D eigenvalue weighted by atomic mass is 10.00. The number of benzene rings is 2. The quantitative estimate of drug-likeness (QED) is 0.428. The Labute approximate surface area is 198 Å². The van der Waals surface area contributed by atoms with E-state index < -0.39 is 0 Å². The molecule has 0 saturated carbocycles. The minimum atomic E-state index is 0.581. The second kappa shape index (κ2) is 8.79. The van der Waals surface area contributed by atoms with Crippen LogP contribution in [0.25, 0.3) is 22.0 Å². The number of pyridine rings is 1. The van der Waals surface area contributed by atoms with E-state index in [1.807, 2.05) is 18.5 Å². The molecular formula is C26H27N7O. The summed E-state index contributed by atoms with van der Waals surface area (Å²) in [6, 6.07) is 14.7. The van der Waals surface area contributed by atoms with Gasteiger partial charge in [0.2, 0.25) is 11.8 Å². The smallest absolute Gasteiger partial charge is 0.237 e. The minimum Gasteiger partial charge on any atom is -0.474 e. The van der Waals surface area contributed by atoms with Gasteiger partial charge in [-0.3, -0.25) is 0 Å². The fraction of sp³-hybridized carbons (Fsp3) is 0.269. The third kappa shape index (κ3) is 3.97. The largest absolute Gasteiger partial charge is 0.474 e. The second-order valence-electron chi connectivity index (χ2n) is 8.63. The van der Waals surface area contributed by atoms with Crippen molar-refractivity contribution in [3.8, 4) is 17.0 Å². The third-order valence-electron chi connectivity index (χ3n) is 6.42. The molecule has 0 amide bonds. The van der Waals surface area contributed by atoms with Gasteiger partial charge in [0.25, 0.3) is 0 Å². The lowest BCUT2D eigenvalue weighted by molar-refractivity contribution is 0.310. The van der Waals surface area contributed by atoms with Gasteiger partial charge in [0.15, 0.2) is 0 Å². The molecule has 34 heavy (non-hydrogen) atoms. The molecule has 4 heterocycles. The molecule has 8 heteroatoms. The van der Waals surface area contributed by atoms with Crippen molar-refractivity contribution >= 4 is 33.9 Å². The van der Waals surface area contributed by atoms with Crippen LogP contribution in [-0.2, 0) is 0 Å². The van der Waals surface area contributed by atoms with Crippen LogP contribution in [0.4, 0.5) is 23.0 Å². The molecule has 0 unspecified atom stereocenters. The van der Waals surface area contributed by atoms with Crippen molar-refractivity contribution in [2.45, 2.75) is 6.92 Å². The lowest BCUT2D eigenvalue weighted by Crippen LogP contribution is -2.43. The fourth-order valence-electron chi connectivity index (χ4n) is 4.60. The molecule has 0 spiro atoms. The Bertz CT molecular complexity index is 1350. The van der Waals surface area contributed by atoms with E-state index in [0.29, 0.717) is 18.4 Å². The summed E-state index contributed by atoms with van der Waals surface area (Å²) in [7, 11) is 0. The molecule has 0 radical (unpaired) electrons. The van der Waals surface area contributed by atoms with Crippen LogP contribution in [0.15, 0.2) is 54.9 Å². The molecule has 6 rings (SSSR count). The number of rotatable bonds is 4. The highest BCUT2D eigenvalue weighted by atomic mass is 16.5. The van der Waals surface area contributed by atoms with Crippen LogP contribution in [0, 0.1) is 6.92 Å². The zero-order chi connectivity index (χ0) is 22.9. The molecule has 2 aliphatic rings. The molecule has 2 aromatic heterocycles. The van der Waals surface area contributed by atoms with Gasteiger partial charge in [0.1, 0.15) is 12.3 Å². The maximum absolute atomic E-state index is 5.68. The highest BCUT2D eigenvalue weighted by Crippen LogP contribution is 2.36. The minimum absolute atomic E-state index is 0.581. The lowest BCUT2D eigenvalue weighted by Gasteiger charge is -2.29. The Hall–Kier alpha value is -3.91. The molecule has 0 bridgehead atoms. The van der Waals surface area contributed by atoms with Gasteiger partial charge in [-0.15, -0.1) is 0 Å². The van der Waals surface area contributed by atoms with E-state index >= 15 is 0 Å². The van der Waals surface area contributed by atoms with Crippen LogP contribution >= 0.6 is 0 Å². The summed E-state index contributed by atoms with van der Waals surface area (Å²) in [5, 5.41) is 11.2. The second-order valence-corrected chi connectivity index (χ2v) is 8.63. The molecule has 4 aromatic rings. The third-order valence-corrected chi connectivity index (χ3v) is 6.42. The highest BCUT2D eigenvalue weighted by Gasteiger charge is 2.17. The number of nitrogens with zero attached hydrogens (tertiary/aromatic N) is 4. The number of fused-ring (bicyclic) bond motifs is 2. The number of aromatic nitrogens is 3. The summed E-state index contributed by atoms with van der Waals surface area (Å²) < 4.78 is 5.68. The van der Waals surface area contributed by atoms with Gasteiger partial charge < -0.3 is 25.6 Å². The number of piperazine rings is 1. The van der Waals surface area contributed by atoms with E-state index in [1.54, 1.807) is 0 Å². The van der Waals surface area contributed by atoms with Crippen molar-refractivity contribution in [1.82, 2.24) is 20.3 Å². The maximum atomic E-state index is 5.68. The number of anilines is 4. The van der Waals surface area contributed by atoms with Crippen molar-refractivity contribution in [1.29, 1.82) is 0 Å². The summed E-state index contributed by atoms with van der Waals surface area (Å²) in [5.74, 6) is 1.25. The first-order valence-corrected chi connectivity index (χ1v) is 11.7. The fourth-order valence-corrected chi connectivity index (χ4v) is 4.60. The summed E-state index contributed by atoms with van der Waals surface area (Å²) in [6.07, 6.45) is 3.74. The van der Waals surface area contributed by atoms with E-state index in [4.69, 9.17) is 9.72 Å². The van der Waals surface area contributed by atoms with Crippen LogP contribution in [-0.4, -0.2) is 54.3 Å². The molecule has 0 aliphatic carbocycles. The summed E-state index contributed by atoms with van der Waals surface area (Å²) in [4.78, 5) is 16.3. The molecule has 172 valence electrons. The van der Waals surface area contributed by atoms with Gasteiger partial charge >= 0.3 is 0 Å². The molecule has 0 atom stereocenters. The Morgan fingerprint density at radius 2 is 1.91 bits per heavy atom. The first-order chi connectivity index (χ1) is 16.7. The molecule has 3 N–H and O–H groups in total. The Morgan fingerprint density at radius 3 is 2.82 bits per heavy atom. The maximum Gasteiger partial charge on any atom is 0.237 e. The number of hydrogen-bond acceptors (Lipinski definition) is 8. The van der Waals surface area contributed by atoms with Crippen LogP contribution in [0.5, 0.6) is 5.88 Å². The highest BCUT2D eigenvalue weighted by molar-refractivity contribution is 5.86. The standard InChI is InChI=1S/C26H27N7O/c1-17-22(16-29-25-24(17)28-9-12-34-25)18-5-6-19-15-30-26(32-23(19)13-18)31-20-3-2-4-21(14-20)33-10-7-27-8-11-33/h2-6,13-16,27-28H,7-12H2,1H3,(H,30,31,32). The van der Waals surface area contributed by atoms with Gasteiger partial charge in [0.05, 0.1) is 5.52 Å². The number of ether oxygens (including phenoxy) is 1. The predicted molar refractivity (Wildman–Crippen MR) is 136 cm³/mol. The van der Waals surface area contributed by atoms with Crippen molar-refractivity contribution in [2.24, 2.45) is 0 Å². The van der Waals surface area contributed by atoms with Crippen LogP contribution in [0.2, 0.25) is 0 Å². The molecule has 2 aromatic carbocycles. The van der Waals surface area contributed by atoms with Gasteiger partial charge in [-0.1, -0.05) is 18.2 Å². The van der Waals surface area contributed by atoms with Crippen molar-refractivity contribution in [3.63, 3.8) is 0 Å². The van der Waals surface area contributed by atoms with E-state index in [-0.39, 0.29) is 0 Å². The summed E-state index contributed by atoms with van der Waals surface area (Å²) in [5.41, 5.74) is 7.30. The monoisotopic (exact) mass is 453 g/mol. The van der Waals surface area contributed by atoms with Crippen LogP contribution < -0.4 is 25.6 Å². The number of hydrogen-bond donors (Lipinski definition) is 3. The molecule has 2 aliphatic heterocycles. The first-order valence-electron chi connectivity index (χ1n) is 11.7. The van der Waals surface area contributed by atoms with Gasteiger partial charge in [0, 0.05) is 67.4 Å². The van der Waals surface area contributed by atoms with Gasteiger partial charge in [-0.25, -0.2) is 15.0 Å². The van der Waals surface area contributed by atoms with Gasteiger partial charge in [-0.05, 0) is 42.3 Å². The van der Waals surface area contributed by atoms with Crippen molar-refractivity contribution in [2.75, 3.05) is 54.9 Å². The Morgan fingerprint density at radius 1 is 1.00 bits per heavy atom. The summed E-state index contributed by atoms with van der Waals surface area (Å²) in [6.45, 7) is 7.56. The normalized spacial score (nSPS) is 15.4. The SMILES string of the molecule is Cc1c(-c2ccc3cnc(Nc4cccc(N5CCNCC5)c4)nc3c2)cnc2c1NCCO2. The number of nitrogens with one attached hydrogen (secondary N) is 3. The zero-order valence-corrected chi connectivity index (χ0v) is 19.1. The van der Waals surface area contributed by atoms with Crippen molar-refractivity contribution < 1.29 is 4.74 Å². The van der Waals surface area contributed by atoms with Crippen molar-refractivity contribution in [3.05, 3.63) is 60.4 Å². The average molecular weight is 454 g/mol. The molecule has 1 saturated heterocycles. The molecular weight excluding hydrogens is 426 g/mol. The first kappa shape index (κ1) is 20.7. The zero-order valence-electron chi connectivity index (χ0n) is 19.1. The average Bonchev–Trinajstić information content (AvgIpc) is 2.89. The Balaban J connectivity index is 1.29. The van der Waals surface area contributed by atoms with E-state index in [0.717, 1.165) is 71.7 Å². The van der Waals surface area contributed by atoms with Crippen LogP contribution in [0.3, 0.4) is 0 Å². The Kier molecular flexibility index (Phi) is 5.35. The van der Waals surface area contributed by atoms with Crippen LogP contribution in [0.1, 0.15) is 5.56 Å². The topological polar surface area (TPSA) is 87.2 Å². The predicted octanol–water partition coefficient (Wildman–Crippen LogP) is 3.96. The molecule has 8 nitrogen and oxygen atoms in total. The van der Waals surface area contributed by atoms with E-state index in [2.05, 4.69) is 74.1 Å².